The Labute approximate surface area is 123 Å². The maximum absolute atomic E-state index is 11.5. The molecule has 0 saturated carbocycles. The number of benzene rings is 1. The molecule has 0 aliphatic carbocycles. The molecule has 0 unspecified atom stereocenters. The Hall–Kier alpha value is -2.47. The summed E-state index contributed by atoms with van der Waals surface area (Å²) in [6, 6.07) is 5.48. The fourth-order valence-corrected chi connectivity index (χ4v) is 1.07. The van der Waals surface area contributed by atoms with Crippen LogP contribution in [-0.4, -0.2) is 49.1 Å². The summed E-state index contributed by atoms with van der Waals surface area (Å²) in [6.07, 6.45) is 0. The van der Waals surface area contributed by atoms with Gasteiger partial charge in [0, 0.05) is 5.57 Å². The zero-order chi connectivity index (χ0) is 16.6. The molecule has 1 N–H and O–H groups in total. The van der Waals surface area contributed by atoms with E-state index in [0.29, 0.717) is 0 Å². The van der Waals surface area contributed by atoms with E-state index in [1.54, 1.807) is 0 Å². The first kappa shape index (κ1) is 18.5. The van der Waals surface area contributed by atoms with Crippen molar-refractivity contribution >= 4 is 17.9 Å². The van der Waals surface area contributed by atoms with Gasteiger partial charge in [0.15, 0.2) is 0 Å². The molecule has 6 heteroatoms. The highest BCUT2D eigenvalue weighted by Crippen LogP contribution is 2.11. The van der Waals surface area contributed by atoms with Crippen molar-refractivity contribution in [3.05, 3.63) is 47.5 Å². The standard InChI is InChI=1S/C12H10O5.C3H9N/c1-7(2)11(15)17-12(16)9-6-4-3-5-8(9)10(13)14;1-4(2)3/h3-6H,1H2,2H3,(H,13,14);1-3H3. The van der Waals surface area contributed by atoms with E-state index in [0.717, 1.165) is 0 Å². The molecule has 0 aromatic heterocycles. The third kappa shape index (κ3) is 7.03. The second kappa shape index (κ2) is 8.65. The van der Waals surface area contributed by atoms with Crippen molar-refractivity contribution in [3.8, 4) is 0 Å². The highest BCUT2D eigenvalue weighted by Gasteiger charge is 2.19. The van der Waals surface area contributed by atoms with E-state index in [2.05, 4.69) is 11.3 Å². The number of carboxylic acid groups (broad SMARTS) is 1. The lowest BCUT2D eigenvalue weighted by Crippen LogP contribution is -2.16. The lowest BCUT2D eigenvalue weighted by Gasteiger charge is -2.05. The Morgan fingerprint density at radius 2 is 1.52 bits per heavy atom. The molecule has 0 fully saturated rings. The fourth-order valence-electron chi connectivity index (χ4n) is 1.07. The lowest BCUT2D eigenvalue weighted by atomic mass is 10.1. The smallest absolute Gasteiger partial charge is 0.346 e. The third-order valence-corrected chi connectivity index (χ3v) is 1.91. The molecule has 0 aliphatic rings. The molecule has 1 rings (SSSR count). The summed E-state index contributed by atoms with van der Waals surface area (Å²) >= 11 is 0. The molecular formula is C15H19NO5. The number of esters is 2. The first-order valence-electron chi connectivity index (χ1n) is 6.02. The van der Waals surface area contributed by atoms with Crippen molar-refractivity contribution in [3.63, 3.8) is 0 Å². The van der Waals surface area contributed by atoms with Gasteiger partial charge in [-0.1, -0.05) is 18.7 Å². The monoisotopic (exact) mass is 293 g/mol. The maximum Gasteiger partial charge on any atom is 0.346 e. The Balaban J connectivity index is 0.000000885. The molecule has 0 saturated heterocycles. The van der Waals surface area contributed by atoms with Gasteiger partial charge in [0.1, 0.15) is 0 Å². The number of aromatic carboxylic acids is 1. The number of hydrogen-bond donors (Lipinski definition) is 1. The molecule has 0 spiro atoms. The number of nitrogens with zero attached hydrogens (tertiary/aromatic N) is 1. The van der Waals surface area contributed by atoms with Gasteiger partial charge in [0.2, 0.25) is 0 Å². The van der Waals surface area contributed by atoms with Gasteiger partial charge < -0.3 is 14.7 Å². The predicted octanol–water partition coefficient (Wildman–Crippen LogP) is 1.82. The second-order valence-electron chi connectivity index (χ2n) is 4.65. The summed E-state index contributed by atoms with van der Waals surface area (Å²) in [5.74, 6) is -3.15. The van der Waals surface area contributed by atoms with Crippen molar-refractivity contribution in [2.24, 2.45) is 0 Å². The Morgan fingerprint density at radius 1 is 1.10 bits per heavy atom. The average molecular weight is 293 g/mol. The van der Waals surface area contributed by atoms with Gasteiger partial charge in [-0.15, -0.1) is 0 Å². The van der Waals surface area contributed by atoms with Gasteiger partial charge in [-0.05, 0) is 40.2 Å². The SMILES string of the molecule is C=C(C)C(=O)OC(=O)c1ccccc1C(=O)O.CN(C)C. The summed E-state index contributed by atoms with van der Waals surface area (Å²) in [5, 5.41) is 8.85. The van der Waals surface area contributed by atoms with Gasteiger partial charge in [-0.2, -0.15) is 0 Å². The molecule has 1 aromatic carbocycles. The average Bonchev–Trinajstić information content (AvgIpc) is 2.37. The van der Waals surface area contributed by atoms with Gasteiger partial charge >= 0.3 is 17.9 Å². The van der Waals surface area contributed by atoms with Gasteiger partial charge in [0.05, 0.1) is 11.1 Å². The van der Waals surface area contributed by atoms with E-state index in [4.69, 9.17) is 5.11 Å². The van der Waals surface area contributed by atoms with E-state index in [1.807, 2.05) is 26.0 Å². The molecule has 114 valence electrons. The van der Waals surface area contributed by atoms with Crippen LogP contribution in [-0.2, 0) is 9.53 Å². The second-order valence-corrected chi connectivity index (χ2v) is 4.65. The number of carbonyl (C=O) groups is 3. The van der Waals surface area contributed by atoms with Crippen molar-refractivity contribution < 1.29 is 24.2 Å². The minimum Gasteiger partial charge on any atom is -0.478 e. The van der Waals surface area contributed by atoms with Crippen molar-refractivity contribution in [2.75, 3.05) is 21.1 Å². The Morgan fingerprint density at radius 3 is 1.90 bits per heavy atom. The highest BCUT2D eigenvalue weighted by molar-refractivity contribution is 6.07. The van der Waals surface area contributed by atoms with E-state index in [9.17, 15) is 14.4 Å². The minimum absolute atomic E-state index is 0.0613. The summed E-state index contributed by atoms with van der Waals surface area (Å²) in [7, 11) is 6.00. The van der Waals surface area contributed by atoms with Crippen LogP contribution in [0.3, 0.4) is 0 Å². The summed E-state index contributed by atoms with van der Waals surface area (Å²) in [5.41, 5.74) is -0.326. The predicted molar refractivity (Wildman–Crippen MR) is 78.2 cm³/mol. The summed E-state index contributed by atoms with van der Waals surface area (Å²) < 4.78 is 4.45. The molecule has 0 heterocycles. The summed E-state index contributed by atoms with van der Waals surface area (Å²) in [4.78, 5) is 35.5. The number of carbonyl (C=O) groups excluding carboxylic acids is 2. The molecule has 21 heavy (non-hydrogen) atoms. The molecule has 0 aliphatic heterocycles. The van der Waals surface area contributed by atoms with E-state index in [-0.39, 0.29) is 16.7 Å². The molecule has 0 bridgehead atoms. The van der Waals surface area contributed by atoms with Crippen LogP contribution >= 0.6 is 0 Å². The van der Waals surface area contributed by atoms with Gasteiger partial charge in [0.25, 0.3) is 0 Å². The third-order valence-electron chi connectivity index (χ3n) is 1.91. The van der Waals surface area contributed by atoms with Crippen LogP contribution in [0.4, 0.5) is 0 Å². The van der Waals surface area contributed by atoms with E-state index < -0.39 is 17.9 Å². The Kier molecular flexibility index (Phi) is 7.63. The van der Waals surface area contributed by atoms with Crippen molar-refractivity contribution in [1.82, 2.24) is 4.90 Å². The number of carboxylic acids is 1. The topological polar surface area (TPSA) is 83.9 Å². The minimum atomic E-state index is -1.26. The van der Waals surface area contributed by atoms with Crippen LogP contribution in [0.1, 0.15) is 27.6 Å². The normalized spacial score (nSPS) is 9.38. The quantitative estimate of drug-likeness (QED) is 0.520. The van der Waals surface area contributed by atoms with Crippen LogP contribution in [0.25, 0.3) is 0 Å². The molecule has 0 radical (unpaired) electrons. The highest BCUT2D eigenvalue weighted by atomic mass is 16.6. The molecule has 0 atom stereocenters. The van der Waals surface area contributed by atoms with E-state index >= 15 is 0 Å². The molecule has 0 amide bonds. The van der Waals surface area contributed by atoms with Crippen LogP contribution in [0, 0.1) is 0 Å². The van der Waals surface area contributed by atoms with Crippen LogP contribution in [0.15, 0.2) is 36.4 Å². The number of rotatable bonds is 3. The maximum atomic E-state index is 11.5. The van der Waals surface area contributed by atoms with Gasteiger partial charge in [-0.3, -0.25) is 0 Å². The molecule has 1 aromatic rings. The number of ether oxygens (including phenoxy) is 1. The van der Waals surface area contributed by atoms with Crippen molar-refractivity contribution in [1.29, 1.82) is 0 Å². The zero-order valence-electron chi connectivity index (χ0n) is 12.5. The molecular weight excluding hydrogens is 274 g/mol. The first-order valence-corrected chi connectivity index (χ1v) is 6.02. The fraction of sp³-hybridized carbons (Fsp3) is 0.267. The van der Waals surface area contributed by atoms with E-state index in [1.165, 1.54) is 31.2 Å². The van der Waals surface area contributed by atoms with Crippen LogP contribution < -0.4 is 0 Å². The number of hydrogen-bond acceptors (Lipinski definition) is 5. The van der Waals surface area contributed by atoms with Crippen molar-refractivity contribution in [2.45, 2.75) is 6.92 Å². The Bertz CT molecular complexity index is 546. The van der Waals surface area contributed by atoms with Crippen LogP contribution in [0.2, 0.25) is 0 Å². The first-order chi connectivity index (χ1) is 9.66. The largest absolute Gasteiger partial charge is 0.478 e. The molecule has 6 nitrogen and oxygen atoms in total. The van der Waals surface area contributed by atoms with Crippen LogP contribution in [0.5, 0.6) is 0 Å². The zero-order valence-corrected chi connectivity index (χ0v) is 12.5. The van der Waals surface area contributed by atoms with Gasteiger partial charge in [-0.25, -0.2) is 14.4 Å². The lowest BCUT2D eigenvalue weighted by molar-refractivity contribution is -0.133. The summed E-state index contributed by atoms with van der Waals surface area (Å²) in [6.45, 7) is 4.70.